The average molecular weight is 360 g/mol. The van der Waals surface area contributed by atoms with Crippen molar-refractivity contribution in [3.05, 3.63) is 59.2 Å². The second-order valence-corrected chi connectivity index (χ2v) is 8.43. The van der Waals surface area contributed by atoms with Gasteiger partial charge in [0.1, 0.15) is 0 Å². The second kappa shape index (κ2) is 7.80. The fourth-order valence-electron chi connectivity index (χ4n) is 2.34. The number of amides is 1. The van der Waals surface area contributed by atoms with Crippen molar-refractivity contribution in [1.29, 1.82) is 0 Å². The normalized spacial score (nSPS) is 11.6. The summed E-state index contributed by atoms with van der Waals surface area (Å²) in [4.78, 5) is 12.3. The average Bonchev–Trinajstić information content (AvgIpc) is 2.56. The Morgan fingerprint density at radius 1 is 1.00 bits per heavy atom. The fourth-order valence-corrected chi connectivity index (χ4v) is 3.24. The Labute approximate surface area is 149 Å². The molecule has 0 bridgehead atoms. The van der Waals surface area contributed by atoms with Gasteiger partial charge < -0.3 is 5.32 Å². The number of sulfonamides is 1. The van der Waals surface area contributed by atoms with Gasteiger partial charge in [0, 0.05) is 26.2 Å². The van der Waals surface area contributed by atoms with Crippen LogP contribution in [0.3, 0.4) is 0 Å². The number of carbonyl (C=O) groups excluding carboxylic acids is 1. The molecule has 0 saturated heterocycles. The Balaban J connectivity index is 1.94. The van der Waals surface area contributed by atoms with Gasteiger partial charge in [0.05, 0.1) is 4.90 Å². The summed E-state index contributed by atoms with van der Waals surface area (Å²) in [5.41, 5.74) is 4.04. The first kappa shape index (κ1) is 19.1. The molecule has 2 aromatic rings. The van der Waals surface area contributed by atoms with Crippen molar-refractivity contribution in [2.75, 3.05) is 19.4 Å². The summed E-state index contributed by atoms with van der Waals surface area (Å²) in [6, 6.07) is 12.5. The van der Waals surface area contributed by atoms with Gasteiger partial charge in [-0.25, -0.2) is 12.7 Å². The maximum absolute atomic E-state index is 12.1. The van der Waals surface area contributed by atoms with Gasteiger partial charge in [0.25, 0.3) is 0 Å². The number of hydrogen-bond acceptors (Lipinski definition) is 3. The standard InChI is InChI=1S/C19H24N2O3S/c1-14-5-9-17(13-15(14)2)20-19(22)12-8-16-6-10-18(11-7-16)25(23,24)21(3)4/h5-7,9-11,13H,8,12H2,1-4H3,(H,20,22). The molecule has 0 radical (unpaired) electrons. The molecule has 0 spiro atoms. The van der Waals surface area contributed by atoms with Crippen LogP contribution in [-0.4, -0.2) is 32.7 Å². The van der Waals surface area contributed by atoms with Crippen molar-refractivity contribution in [1.82, 2.24) is 4.31 Å². The SMILES string of the molecule is Cc1ccc(NC(=O)CCc2ccc(S(=O)(=O)N(C)C)cc2)cc1C. The van der Waals surface area contributed by atoms with Crippen LogP contribution >= 0.6 is 0 Å². The Kier molecular flexibility index (Phi) is 5.98. The molecule has 0 aliphatic heterocycles. The molecule has 0 unspecified atom stereocenters. The molecule has 2 rings (SSSR count). The van der Waals surface area contributed by atoms with E-state index in [-0.39, 0.29) is 10.8 Å². The summed E-state index contributed by atoms with van der Waals surface area (Å²) in [5.74, 6) is -0.0618. The molecule has 0 saturated carbocycles. The maximum atomic E-state index is 12.1. The number of carbonyl (C=O) groups is 1. The number of nitrogens with one attached hydrogen (secondary N) is 1. The molecule has 0 heterocycles. The molecule has 6 heteroatoms. The lowest BCUT2D eigenvalue weighted by Crippen LogP contribution is -2.22. The molecule has 0 aliphatic rings. The Morgan fingerprint density at radius 3 is 2.20 bits per heavy atom. The van der Waals surface area contributed by atoms with Crippen LogP contribution in [0, 0.1) is 13.8 Å². The van der Waals surface area contributed by atoms with Gasteiger partial charge in [-0.2, -0.15) is 0 Å². The smallest absolute Gasteiger partial charge is 0.242 e. The van der Waals surface area contributed by atoms with Crippen LogP contribution in [0.2, 0.25) is 0 Å². The molecule has 0 aliphatic carbocycles. The van der Waals surface area contributed by atoms with Crippen LogP contribution in [0.15, 0.2) is 47.4 Å². The molecule has 1 amide bonds. The van der Waals surface area contributed by atoms with Gasteiger partial charge in [-0.3, -0.25) is 4.79 Å². The molecule has 5 nitrogen and oxygen atoms in total. The summed E-state index contributed by atoms with van der Waals surface area (Å²) < 4.78 is 25.2. The van der Waals surface area contributed by atoms with Crippen molar-refractivity contribution in [2.24, 2.45) is 0 Å². The minimum absolute atomic E-state index is 0.0618. The van der Waals surface area contributed by atoms with Crippen LogP contribution < -0.4 is 5.32 Å². The largest absolute Gasteiger partial charge is 0.326 e. The number of benzene rings is 2. The topological polar surface area (TPSA) is 66.5 Å². The number of anilines is 1. The van der Waals surface area contributed by atoms with Gasteiger partial charge >= 0.3 is 0 Å². The van der Waals surface area contributed by atoms with E-state index in [4.69, 9.17) is 0 Å². The van der Waals surface area contributed by atoms with Gasteiger partial charge in [-0.15, -0.1) is 0 Å². The first-order chi connectivity index (χ1) is 11.7. The lowest BCUT2D eigenvalue weighted by atomic mass is 10.1. The van der Waals surface area contributed by atoms with Gasteiger partial charge in [0.15, 0.2) is 0 Å². The fraction of sp³-hybridized carbons (Fsp3) is 0.316. The van der Waals surface area contributed by atoms with E-state index in [9.17, 15) is 13.2 Å². The van der Waals surface area contributed by atoms with E-state index in [2.05, 4.69) is 5.32 Å². The van der Waals surface area contributed by atoms with Crippen molar-refractivity contribution in [3.63, 3.8) is 0 Å². The highest BCUT2D eigenvalue weighted by atomic mass is 32.2. The minimum atomic E-state index is -3.42. The quantitative estimate of drug-likeness (QED) is 0.861. The van der Waals surface area contributed by atoms with E-state index < -0.39 is 10.0 Å². The summed E-state index contributed by atoms with van der Waals surface area (Å²) in [5, 5.41) is 2.89. The Morgan fingerprint density at radius 2 is 1.64 bits per heavy atom. The Hall–Kier alpha value is -2.18. The van der Waals surface area contributed by atoms with Crippen molar-refractivity contribution < 1.29 is 13.2 Å². The predicted molar refractivity (Wildman–Crippen MR) is 100 cm³/mol. The summed E-state index contributed by atoms with van der Waals surface area (Å²) in [6.07, 6.45) is 0.895. The van der Waals surface area contributed by atoms with E-state index >= 15 is 0 Å². The van der Waals surface area contributed by atoms with E-state index in [1.54, 1.807) is 24.3 Å². The molecule has 0 fully saturated rings. The van der Waals surface area contributed by atoms with Crippen molar-refractivity contribution in [2.45, 2.75) is 31.6 Å². The minimum Gasteiger partial charge on any atom is -0.326 e. The molecular weight excluding hydrogens is 336 g/mol. The van der Waals surface area contributed by atoms with Crippen LogP contribution in [0.1, 0.15) is 23.1 Å². The Bertz CT molecular complexity index is 857. The zero-order valence-corrected chi connectivity index (χ0v) is 15.9. The van der Waals surface area contributed by atoms with Gasteiger partial charge in [-0.05, 0) is 61.2 Å². The summed E-state index contributed by atoms with van der Waals surface area (Å²) in [6.45, 7) is 4.04. The molecule has 25 heavy (non-hydrogen) atoms. The third kappa shape index (κ3) is 4.90. The highest BCUT2D eigenvalue weighted by Gasteiger charge is 2.16. The number of nitrogens with zero attached hydrogens (tertiary/aromatic N) is 1. The lowest BCUT2D eigenvalue weighted by Gasteiger charge is -2.11. The van der Waals surface area contributed by atoms with Gasteiger partial charge in [-0.1, -0.05) is 18.2 Å². The van der Waals surface area contributed by atoms with Gasteiger partial charge in [0.2, 0.25) is 15.9 Å². The van der Waals surface area contributed by atoms with Crippen molar-refractivity contribution >= 4 is 21.6 Å². The number of aryl methyl sites for hydroxylation is 3. The molecule has 1 N–H and O–H groups in total. The molecular formula is C19H24N2O3S. The van der Waals surface area contributed by atoms with Crippen LogP contribution in [0.25, 0.3) is 0 Å². The van der Waals surface area contributed by atoms with Crippen LogP contribution in [0.5, 0.6) is 0 Å². The number of hydrogen-bond donors (Lipinski definition) is 1. The molecule has 0 atom stereocenters. The third-order valence-electron chi connectivity index (χ3n) is 4.13. The zero-order chi connectivity index (χ0) is 18.6. The maximum Gasteiger partial charge on any atom is 0.242 e. The van der Waals surface area contributed by atoms with E-state index in [0.29, 0.717) is 12.8 Å². The summed E-state index contributed by atoms with van der Waals surface area (Å²) in [7, 11) is -0.418. The van der Waals surface area contributed by atoms with E-state index in [1.165, 1.54) is 24.0 Å². The number of rotatable bonds is 6. The highest BCUT2D eigenvalue weighted by Crippen LogP contribution is 2.16. The highest BCUT2D eigenvalue weighted by molar-refractivity contribution is 7.89. The second-order valence-electron chi connectivity index (χ2n) is 6.28. The summed E-state index contributed by atoms with van der Waals surface area (Å²) >= 11 is 0. The lowest BCUT2D eigenvalue weighted by molar-refractivity contribution is -0.116. The molecule has 2 aromatic carbocycles. The first-order valence-corrected chi connectivity index (χ1v) is 9.53. The predicted octanol–water partition coefficient (Wildman–Crippen LogP) is 3.13. The monoisotopic (exact) mass is 360 g/mol. The zero-order valence-electron chi connectivity index (χ0n) is 15.0. The first-order valence-electron chi connectivity index (χ1n) is 8.09. The third-order valence-corrected chi connectivity index (χ3v) is 5.96. The van der Waals surface area contributed by atoms with E-state index in [1.807, 2.05) is 32.0 Å². The molecule has 0 aromatic heterocycles. The molecule has 134 valence electrons. The van der Waals surface area contributed by atoms with Crippen LogP contribution in [0.4, 0.5) is 5.69 Å². The van der Waals surface area contributed by atoms with Crippen LogP contribution in [-0.2, 0) is 21.2 Å². The van der Waals surface area contributed by atoms with E-state index in [0.717, 1.165) is 16.8 Å². The van der Waals surface area contributed by atoms with Crippen molar-refractivity contribution in [3.8, 4) is 0 Å².